The Balaban J connectivity index is 2.13. The molecule has 0 spiro atoms. The highest BCUT2D eigenvalue weighted by Crippen LogP contribution is 2.34. The van der Waals surface area contributed by atoms with Gasteiger partial charge in [-0.15, -0.1) is 0 Å². The molecule has 1 fully saturated rings. The molecule has 0 aromatic heterocycles. The molecule has 2 rings (SSSR count). The van der Waals surface area contributed by atoms with Gasteiger partial charge in [0.25, 0.3) is 0 Å². The van der Waals surface area contributed by atoms with Crippen LogP contribution in [0.1, 0.15) is 25.7 Å². The first-order valence-corrected chi connectivity index (χ1v) is 5.62. The first-order valence-electron chi connectivity index (χ1n) is 5.62. The minimum Gasteiger partial charge on any atom is -0.504 e. The van der Waals surface area contributed by atoms with Crippen molar-refractivity contribution in [2.24, 2.45) is 5.41 Å². The predicted octanol–water partition coefficient (Wildman–Crippen LogP) is 2.47. The zero-order valence-electron chi connectivity index (χ0n) is 10.4. The summed E-state index contributed by atoms with van der Waals surface area (Å²) >= 11 is 0. The molecule has 1 heterocycles. The van der Waals surface area contributed by atoms with Gasteiger partial charge in [-0.05, 0) is 12.1 Å². The second-order valence-corrected chi connectivity index (χ2v) is 5.05. The van der Waals surface area contributed by atoms with Crippen LogP contribution in [0, 0.1) is 5.41 Å². The largest absolute Gasteiger partial charge is 0.504 e. The SMILES string of the molecule is COc1cc(C2OCC(C)(C)CO2)ccc1O. The van der Waals surface area contributed by atoms with E-state index < -0.39 is 0 Å². The summed E-state index contributed by atoms with van der Waals surface area (Å²) in [6, 6.07) is 5.10. The van der Waals surface area contributed by atoms with Crippen molar-refractivity contribution in [1.29, 1.82) is 0 Å². The second kappa shape index (κ2) is 4.55. The van der Waals surface area contributed by atoms with E-state index in [1.54, 1.807) is 18.2 Å². The van der Waals surface area contributed by atoms with Gasteiger partial charge in [-0.25, -0.2) is 0 Å². The number of phenolic OH excluding ortho intramolecular Hbond substituents is 1. The lowest BCUT2D eigenvalue weighted by Gasteiger charge is -2.34. The molecular weight excluding hydrogens is 220 g/mol. The number of hydrogen-bond acceptors (Lipinski definition) is 4. The summed E-state index contributed by atoms with van der Waals surface area (Å²) in [4.78, 5) is 0. The highest BCUT2D eigenvalue weighted by Gasteiger charge is 2.29. The summed E-state index contributed by atoms with van der Waals surface area (Å²) in [5, 5.41) is 9.51. The van der Waals surface area contributed by atoms with E-state index in [1.165, 1.54) is 7.11 Å². The molecule has 1 saturated heterocycles. The Kier molecular flexibility index (Phi) is 3.26. The van der Waals surface area contributed by atoms with E-state index >= 15 is 0 Å². The molecular formula is C13H18O4. The van der Waals surface area contributed by atoms with Crippen molar-refractivity contribution in [3.63, 3.8) is 0 Å². The van der Waals surface area contributed by atoms with Crippen LogP contribution in [-0.4, -0.2) is 25.4 Å². The van der Waals surface area contributed by atoms with Crippen LogP contribution in [0.5, 0.6) is 11.5 Å². The number of methoxy groups -OCH3 is 1. The molecule has 0 saturated carbocycles. The molecule has 1 aliphatic rings. The summed E-state index contributed by atoms with van der Waals surface area (Å²) in [6.07, 6.45) is -0.377. The molecule has 0 atom stereocenters. The molecule has 0 bridgehead atoms. The molecule has 17 heavy (non-hydrogen) atoms. The van der Waals surface area contributed by atoms with Gasteiger partial charge in [-0.2, -0.15) is 0 Å². The molecule has 0 unspecified atom stereocenters. The van der Waals surface area contributed by atoms with Crippen LogP contribution in [0.4, 0.5) is 0 Å². The van der Waals surface area contributed by atoms with Crippen molar-refractivity contribution in [1.82, 2.24) is 0 Å². The number of phenols is 1. The molecule has 1 aliphatic heterocycles. The van der Waals surface area contributed by atoms with Gasteiger partial charge in [0.05, 0.1) is 20.3 Å². The molecule has 1 aromatic carbocycles. The highest BCUT2D eigenvalue weighted by atomic mass is 16.7. The Morgan fingerprint density at radius 2 is 1.94 bits per heavy atom. The highest BCUT2D eigenvalue weighted by molar-refractivity contribution is 5.42. The monoisotopic (exact) mass is 238 g/mol. The van der Waals surface area contributed by atoms with E-state index in [0.29, 0.717) is 19.0 Å². The van der Waals surface area contributed by atoms with Gasteiger partial charge in [-0.3, -0.25) is 0 Å². The second-order valence-electron chi connectivity index (χ2n) is 5.05. The van der Waals surface area contributed by atoms with E-state index in [2.05, 4.69) is 13.8 Å². The summed E-state index contributed by atoms with van der Waals surface area (Å²) in [6.45, 7) is 5.50. The third-order valence-corrected chi connectivity index (χ3v) is 2.73. The lowest BCUT2D eigenvalue weighted by atomic mass is 9.95. The average Bonchev–Trinajstić information content (AvgIpc) is 2.30. The fourth-order valence-corrected chi connectivity index (χ4v) is 1.73. The number of ether oxygens (including phenoxy) is 3. The van der Waals surface area contributed by atoms with Gasteiger partial charge in [-0.1, -0.05) is 19.9 Å². The number of rotatable bonds is 2. The Morgan fingerprint density at radius 1 is 1.29 bits per heavy atom. The number of benzene rings is 1. The molecule has 94 valence electrons. The summed E-state index contributed by atoms with van der Waals surface area (Å²) < 4.78 is 16.4. The van der Waals surface area contributed by atoms with Gasteiger partial charge in [0.2, 0.25) is 0 Å². The van der Waals surface area contributed by atoms with Crippen LogP contribution in [0.25, 0.3) is 0 Å². The van der Waals surface area contributed by atoms with Crippen LogP contribution in [0.15, 0.2) is 18.2 Å². The van der Waals surface area contributed by atoms with Crippen molar-refractivity contribution < 1.29 is 19.3 Å². The maximum absolute atomic E-state index is 9.51. The van der Waals surface area contributed by atoms with Gasteiger partial charge in [0.1, 0.15) is 0 Å². The zero-order chi connectivity index (χ0) is 12.5. The quantitative estimate of drug-likeness (QED) is 0.859. The van der Waals surface area contributed by atoms with Crippen LogP contribution in [-0.2, 0) is 9.47 Å². The smallest absolute Gasteiger partial charge is 0.183 e. The topological polar surface area (TPSA) is 47.9 Å². The molecule has 0 amide bonds. The van der Waals surface area contributed by atoms with Crippen molar-refractivity contribution in [3.8, 4) is 11.5 Å². The van der Waals surface area contributed by atoms with Gasteiger partial charge >= 0.3 is 0 Å². The molecule has 0 radical (unpaired) electrons. The first kappa shape index (κ1) is 12.2. The molecule has 1 aromatic rings. The molecule has 4 nitrogen and oxygen atoms in total. The maximum atomic E-state index is 9.51. The average molecular weight is 238 g/mol. The van der Waals surface area contributed by atoms with Crippen molar-refractivity contribution >= 4 is 0 Å². The number of hydrogen-bond donors (Lipinski definition) is 1. The Labute approximate surface area is 101 Å². The van der Waals surface area contributed by atoms with E-state index in [9.17, 15) is 5.11 Å². The lowest BCUT2D eigenvalue weighted by Crippen LogP contribution is -2.33. The lowest BCUT2D eigenvalue weighted by molar-refractivity contribution is -0.226. The van der Waals surface area contributed by atoms with E-state index in [1.807, 2.05) is 0 Å². The molecule has 4 heteroatoms. The van der Waals surface area contributed by atoms with Crippen molar-refractivity contribution in [2.45, 2.75) is 20.1 Å². The Hall–Kier alpha value is -1.26. The van der Waals surface area contributed by atoms with Crippen LogP contribution < -0.4 is 4.74 Å². The van der Waals surface area contributed by atoms with Crippen LogP contribution in [0.2, 0.25) is 0 Å². The minimum atomic E-state index is -0.377. The standard InChI is InChI=1S/C13H18O4/c1-13(2)7-16-12(17-8-13)9-4-5-10(14)11(6-9)15-3/h4-6,12,14H,7-8H2,1-3H3. The summed E-state index contributed by atoms with van der Waals surface area (Å²) in [7, 11) is 1.52. The van der Waals surface area contributed by atoms with E-state index in [0.717, 1.165) is 5.56 Å². The fraction of sp³-hybridized carbons (Fsp3) is 0.538. The minimum absolute atomic E-state index is 0.0531. The Bertz CT molecular complexity index is 390. The van der Waals surface area contributed by atoms with Gasteiger partial charge in [0.15, 0.2) is 17.8 Å². The molecule has 1 N–H and O–H groups in total. The summed E-state index contributed by atoms with van der Waals surface area (Å²) in [5.74, 6) is 0.548. The maximum Gasteiger partial charge on any atom is 0.183 e. The van der Waals surface area contributed by atoms with E-state index in [4.69, 9.17) is 14.2 Å². The zero-order valence-corrected chi connectivity index (χ0v) is 10.4. The van der Waals surface area contributed by atoms with Gasteiger partial charge < -0.3 is 19.3 Å². The number of aromatic hydroxyl groups is 1. The predicted molar refractivity (Wildman–Crippen MR) is 63.1 cm³/mol. The summed E-state index contributed by atoms with van der Waals surface area (Å²) in [5.41, 5.74) is 0.910. The van der Waals surface area contributed by atoms with Crippen molar-refractivity contribution in [2.75, 3.05) is 20.3 Å². The Morgan fingerprint density at radius 3 is 2.53 bits per heavy atom. The first-order chi connectivity index (χ1) is 8.02. The fourth-order valence-electron chi connectivity index (χ4n) is 1.73. The van der Waals surface area contributed by atoms with Crippen LogP contribution in [0.3, 0.4) is 0 Å². The van der Waals surface area contributed by atoms with Crippen LogP contribution >= 0.6 is 0 Å². The van der Waals surface area contributed by atoms with Gasteiger partial charge in [0, 0.05) is 11.0 Å². The third-order valence-electron chi connectivity index (χ3n) is 2.73. The normalized spacial score (nSPS) is 20.2. The van der Waals surface area contributed by atoms with Crippen molar-refractivity contribution in [3.05, 3.63) is 23.8 Å². The van der Waals surface area contributed by atoms with E-state index in [-0.39, 0.29) is 17.5 Å². The third kappa shape index (κ3) is 2.70. The molecule has 0 aliphatic carbocycles.